The SMILES string of the molecule is CC1C=CCC2C(=O)N(C(C)C(=O)OCC(=O)c3ccc(OC(=O)c4ccco4)cc3)C(=O)C12. The Morgan fingerprint density at radius 2 is 1.85 bits per heavy atom. The van der Waals surface area contributed by atoms with Crippen molar-refractivity contribution in [1.82, 2.24) is 4.90 Å². The van der Waals surface area contributed by atoms with E-state index in [1.807, 2.05) is 19.1 Å². The van der Waals surface area contributed by atoms with Crippen molar-refractivity contribution >= 4 is 29.5 Å². The zero-order valence-electron chi connectivity index (χ0n) is 18.6. The number of esters is 2. The molecular formula is C25H23NO8. The van der Waals surface area contributed by atoms with Crippen molar-refractivity contribution < 1.29 is 37.9 Å². The summed E-state index contributed by atoms with van der Waals surface area (Å²) in [4.78, 5) is 63.4. The van der Waals surface area contributed by atoms with Crippen molar-refractivity contribution in [2.24, 2.45) is 17.8 Å². The van der Waals surface area contributed by atoms with Gasteiger partial charge in [-0.1, -0.05) is 19.1 Å². The van der Waals surface area contributed by atoms with E-state index < -0.39 is 42.2 Å². The quantitative estimate of drug-likeness (QED) is 0.201. The molecule has 1 fully saturated rings. The Hall–Kier alpha value is -4.01. The van der Waals surface area contributed by atoms with Gasteiger partial charge in [-0.3, -0.25) is 19.3 Å². The first-order valence-corrected chi connectivity index (χ1v) is 10.9. The summed E-state index contributed by atoms with van der Waals surface area (Å²) in [7, 11) is 0. The second-order valence-electron chi connectivity index (χ2n) is 8.30. The standard InChI is InChI=1S/C25H23NO8/c1-14-5-3-6-18-21(14)23(29)26(22(18)28)15(2)24(30)33-13-19(27)16-8-10-17(11-9-16)34-25(31)20-7-4-12-32-20/h3-5,7-12,14-15,18,21H,6,13H2,1-2H3. The Balaban J connectivity index is 1.32. The van der Waals surface area contributed by atoms with Crippen molar-refractivity contribution in [1.29, 1.82) is 0 Å². The Kier molecular flexibility index (Phi) is 6.45. The van der Waals surface area contributed by atoms with Crippen molar-refractivity contribution in [3.63, 3.8) is 0 Å². The highest BCUT2D eigenvalue weighted by Gasteiger charge is 2.52. The van der Waals surface area contributed by atoms with Gasteiger partial charge in [-0.05, 0) is 55.7 Å². The van der Waals surface area contributed by atoms with Gasteiger partial charge in [-0.2, -0.15) is 0 Å². The minimum Gasteiger partial charge on any atom is -0.457 e. The molecule has 0 spiro atoms. The molecular weight excluding hydrogens is 442 g/mol. The molecule has 1 aromatic heterocycles. The number of furan rings is 1. The van der Waals surface area contributed by atoms with Gasteiger partial charge in [0.1, 0.15) is 11.8 Å². The van der Waals surface area contributed by atoms with E-state index in [0.717, 1.165) is 4.90 Å². The summed E-state index contributed by atoms with van der Waals surface area (Å²) in [6.07, 6.45) is 5.59. The van der Waals surface area contributed by atoms with E-state index in [0.29, 0.717) is 6.42 Å². The second kappa shape index (κ2) is 9.46. The molecule has 2 aromatic rings. The molecule has 1 saturated heterocycles. The zero-order chi connectivity index (χ0) is 24.4. The third-order valence-electron chi connectivity index (χ3n) is 6.09. The van der Waals surface area contributed by atoms with Crippen molar-refractivity contribution in [2.45, 2.75) is 26.3 Å². The van der Waals surface area contributed by atoms with Crippen LogP contribution in [0.5, 0.6) is 5.75 Å². The van der Waals surface area contributed by atoms with Crippen LogP contribution >= 0.6 is 0 Å². The van der Waals surface area contributed by atoms with E-state index in [-0.39, 0.29) is 34.8 Å². The number of hydrogen-bond donors (Lipinski definition) is 0. The monoisotopic (exact) mass is 465 g/mol. The van der Waals surface area contributed by atoms with E-state index in [2.05, 4.69) is 0 Å². The molecule has 0 radical (unpaired) electrons. The van der Waals surface area contributed by atoms with Crippen molar-refractivity contribution in [2.75, 3.05) is 6.61 Å². The minimum atomic E-state index is -1.13. The molecule has 0 bridgehead atoms. The topological polar surface area (TPSA) is 120 Å². The Morgan fingerprint density at radius 1 is 1.12 bits per heavy atom. The molecule has 0 N–H and O–H groups in total. The van der Waals surface area contributed by atoms with Gasteiger partial charge in [0.2, 0.25) is 17.6 Å². The number of fused-ring (bicyclic) bond motifs is 1. The molecule has 2 amide bonds. The number of allylic oxidation sites excluding steroid dienone is 2. The van der Waals surface area contributed by atoms with Crippen LogP contribution in [0.4, 0.5) is 0 Å². The van der Waals surface area contributed by atoms with E-state index in [4.69, 9.17) is 13.9 Å². The highest BCUT2D eigenvalue weighted by Crippen LogP contribution is 2.39. The number of carbonyl (C=O) groups excluding carboxylic acids is 5. The molecule has 176 valence electrons. The molecule has 1 aliphatic heterocycles. The second-order valence-corrected chi connectivity index (χ2v) is 8.30. The van der Waals surface area contributed by atoms with E-state index in [9.17, 15) is 24.0 Å². The summed E-state index contributed by atoms with van der Waals surface area (Å²) in [5.41, 5.74) is 0.234. The first-order valence-electron chi connectivity index (χ1n) is 10.9. The summed E-state index contributed by atoms with van der Waals surface area (Å²) >= 11 is 0. The van der Waals surface area contributed by atoms with E-state index in [1.165, 1.54) is 43.5 Å². The number of imide groups is 1. The zero-order valence-corrected chi connectivity index (χ0v) is 18.6. The van der Waals surface area contributed by atoms with Gasteiger partial charge in [0.15, 0.2) is 12.4 Å². The predicted octanol–water partition coefficient (Wildman–Crippen LogP) is 2.81. The first kappa shape index (κ1) is 23.2. The van der Waals surface area contributed by atoms with Crippen LogP contribution in [0.2, 0.25) is 0 Å². The fourth-order valence-electron chi connectivity index (χ4n) is 4.26. The Bertz CT molecular complexity index is 1150. The van der Waals surface area contributed by atoms with Crippen LogP contribution in [0, 0.1) is 17.8 Å². The maximum Gasteiger partial charge on any atom is 0.379 e. The molecule has 2 aliphatic rings. The Labute approximate surface area is 195 Å². The molecule has 9 nitrogen and oxygen atoms in total. The number of amides is 2. The third-order valence-corrected chi connectivity index (χ3v) is 6.09. The largest absolute Gasteiger partial charge is 0.457 e. The average Bonchev–Trinajstić information content (AvgIpc) is 3.45. The van der Waals surface area contributed by atoms with Gasteiger partial charge in [-0.25, -0.2) is 9.59 Å². The number of hydrogen-bond acceptors (Lipinski definition) is 8. The first-order chi connectivity index (χ1) is 16.3. The van der Waals surface area contributed by atoms with Crippen LogP contribution in [-0.2, 0) is 19.1 Å². The van der Waals surface area contributed by atoms with Gasteiger partial charge < -0.3 is 13.9 Å². The van der Waals surface area contributed by atoms with E-state index in [1.54, 1.807) is 6.07 Å². The molecule has 0 saturated carbocycles. The maximum atomic E-state index is 12.8. The minimum absolute atomic E-state index is 0.0427. The fraction of sp³-hybridized carbons (Fsp3) is 0.320. The highest BCUT2D eigenvalue weighted by atomic mass is 16.5. The third kappa shape index (κ3) is 4.41. The molecule has 1 aliphatic carbocycles. The smallest absolute Gasteiger partial charge is 0.379 e. The lowest BCUT2D eigenvalue weighted by atomic mass is 9.78. The van der Waals surface area contributed by atoms with Gasteiger partial charge in [-0.15, -0.1) is 0 Å². The fourth-order valence-corrected chi connectivity index (χ4v) is 4.26. The molecule has 1 aromatic carbocycles. The normalized spacial score (nSPS) is 22.3. The summed E-state index contributed by atoms with van der Waals surface area (Å²) < 4.78 is 15.2. The Morgan fingerprint density at radius 3 is 2.50 bits per heavy atom. The van der Waals surface area contributed by atoms with Gasteiger partial charge in [0.25, 0.3) is 0 Å². The summed E-state index contributed by atoms with van der Waals surface area (Å²) in [5.74, 6) is -3.56. The van der Waals surface area contributed by atoms with Gasteiger partial charge in [0, 0.05) is 5.56 Å². The molecule has 4 rings (SSSR count). The van der Waals surface area contributed by atoms with Crippen molar-refractivity contribution in [3.8, 4) is 5.75 Å². The van der Waals surface area contributed by atoms with Crippen LogP contribution in [-0.4, -0.2) is 47.1 Å². The maximum absolute atomic E-state index is 12.8. The lowest BCUT2D eigenvalue weighted by Crippen LogP contribution is -2.45. The molecule has 9 heteroatoms. The van der Waals surface area contributed by atoms with Crippen LogP contribution in [0.15, 0.2) is 59.2 Å². The highest BCUT2D eigenvalue weighted by molar-refractivity contribution is 6.08. The van der Waals surface area contributed by atoms with Crippen LogP contribution < -0.4 is 4.74 Å². The number of carbonyl (C=O) groups is 5. The number of Topliss-reactive ketones (excluding diaryl/α,β-unsaturated/α-hetero) is 1. The number of ether oxygens (including phenoxy) is 2. The lowest BCUT2D eigenvalue weighted by Gasteiger charge is -2.23. The number of ketones is 1. The van der Waals surface area contributed by atoms with Crippen LogP contribution in [0.3, 0.4) is 0 Å². The van der Waals surface area contributed by atoms with Crippen LogP contribution in [0.25, 0.3) is 0 Å². The van der Waals surface area contributed by atoms with E-state index >= 15 is 0 Å². The molecule has 4 unspecified atom stereocenters. The van der Waals surface area contributed by atoms with Gasteiger partial charge in [0.05, 0.1) is 18.1 Å². The van der Waals surface area contributed by atoms with Gasteiger partial charge >= 0.3 is 11.9 Å². The molecule has 2 heterocycles. The predicted molar refractivity (Wildman–Crippen MR) is 117 cm³/mol. The lowest BCUT2D eigenvalue weighted by molar-refractivity contribution is -0.157. The summed E-state index contributed by atoms with van der Waals surface area (Å²) in [6, 6.07) is 7.60. The molecule has 4 atom stereocenters. The number of benzene rings is 1. The summed E-state index contributed by atoms with van der Waals surface area (Å²) in [6.45, 7) is 2.73. The number of rotatable bonds is 7. The summed E-state index contributed by atoms with van der Waals surface area (Å²) in [5, 5.41) is 0. The average molecular weight is 465 g/mol. The van der Waals surface area contributed by atoms with Crippen molar-refractivity contribution in [3.05, 3.63) is 66.1 Å². The number of nitrogens with zero attached hydrogens (tertiary/aromatic N) is 1. The number of likely N-dealkylation sites (tertiary alicyclic amines) is 1. The van der Waals surface area contributed by atoms with Crippen LogP contribution in [0.1, 0.15) is 41.2 Å². The molecule has 34 heavy (non-hydrogen) atoms.